The standard InChI is InChI=1S/C14H15N3O4S/c1-21-11-4-2-9(3-5-11)15-13(19)16-6-10(7-16)17-12(18)8-22-14(17)20/h2-5,10H,6-8H2,1H3,(H,15,19). The Balaban J connectivity index is 1.52. The van der Waals surface area contributed by atoms with Crippen molar-refractivity contribution in [2.24, 2.45) is 0 Å². The zero-order valence-corrected chi connectivity index (χ0v) is 12.8. The molecule has 0 aliphatic carbocycles. The lowest BCUT2D eigenvalue weighted by Gasteiger charge is -2.42. The van der Waals surface area contributed by atoms with Crippen LogP contribution in [0.5, 0.6) is 5.75 Å². The molecule has 0 aromatic heterocycles. The number of likely N-dealkylation sites (tertiary alicyclic amines) is 1. The number of carbonyl (C=O) groups excluding carboxylic acids is 3. The lowest BCUT2D eigenvalue weighted by molar-refractivity contribution is -0.128. The van der Waals surface area contributed by atoms with Crippen molar-refractivity contribution < 1.29 is 19.1 Å². The number of hydrogen-bond donors (Lipinski definition) is 1. The fraction of sp³-hybridized carbons (Fsp3) is 0.357. The number of hydrogen-bond acceptors (Lipinski definition) is 5. The molecule has 0 radical (unpaired) electrons. The van der Waals surface area contributed by atoms with Crippen LogP contribution in [0, 0.1) is 0 Å². The highest BCUT2D eigenvalue weighted by Gasteiger charge is 2.43. The molecule has 8 heteroatoms. The summed E-state index contributed by atoms with van der Waals surface area (Å²) in [5, 5.41) is 2.55. The van der Waals surface area contributed by atoms with Crippen molar-refractivity contribution in [3.05, 3.63) is 24.3 Å². The first-order valence-corrected chi connectivity index (χ1v) is 7.76. The van der Waals surface area contributed by atoms with Gasteiger partial charge in [-0.3, -0.25) is 14.5 Å². The fourth-order valence-corrected chi connectivity index (χ4v) is 3.15. The third-order valence-corrected chi connectivity index (χ3v) is 4.48. The first kappa shape index (κ1) is 14.7. The summed E-state index contributed by atoms with van der Waals surface area (Å²) in [5.41, 5.74) is 0.665. The van der Waals surface area contributed by atoms with Gasteiger partial charge in [0.05, 0.1) is 18.9 Å². The van der Waals surface area contributed by atoms with Gasteiger partial charge in [0, 0.05) is 18.8 Å². The van der Waals surface area contributed by atoms with Gasteiger partial charge in [0.25, 0.3) is 5.24 Å². The number of carbonyl (C=O) groups is 3. The second-order valence-electron chi connectivity index (χ2n) is 5.04. The number of anilines is 1. The van der Waals surface area contributed by atoms with Crippen molar-refractivity contribution in [2.45, 2.75) is 6.04 Å². The molecule has 1 aromatic rings. The zero-order chi connectivity index (χ0) is 15.7. The maximum absolute atomic E-state index is 12.1. The van der Waals surface area contributed by atoms with Crippen LogP contribution in [0.15, 0.2) is 24.3 Å². The largest absolute Gasteiger partial charge is 0.497 e. The number of rotatable bonds is 3. The summed E-state index contributed by atoms with van der Waals surface area (Å²) in [6, 6.07) is 6.57. The van der Waals surface area contributed by atoms with Crippen LogP contribution in [0.2, 0.25) is 0 Å². The molecule has 2 heterocycles. The van der Waals surface area contributed by atoms with E-state index < -0.39 is 0 Å². The summed E-state index contributed by atoms with van der Waals surface area (Å²) >= 11 is 1.01. The molecule has 116 valence electrons. The minimum Gasteiger partial charge on any atom is -0.497 e. The van der Waals surface area contributed by atoms with Gasteiger partial charge in [-0.2, -0.15) is 0 Å². The van der Waals surface area contributed by atoms with E-state index in [1.54, 1.807) is 36.3 Å². The summed E-state index contributed by atoms with van der Waals surface area (Å²) in [4.78, 5) is 38.1. The minimum absolute atomic E-state index is 0.171. The molecule has 1 N–H and O–H groups in total. The van der Waals surface area contributed by atoms with Crippen molar-refractivity contribution in [1.82, 2.24) is 9.80 Å². The van der Waals surface area contributed by atoms with Gasteiger partial charge in [0.1, 0.15) is 5.75 Å². The first-order valence-electron chi connectivity index (χ1n) is 6.77. The van der Waals surface area contributed by atoms with Crippen LogP contribution < -0.4 is 10.1 Å². The highest BCUT2D eigenvalue weighted by molar-refractivity contribution is 8.14. The van der Waals surface area contributed by atoms with E-state index in [-0.39, 0.29) is 29.0 Å². The van der Waals surface area contributed by atoms with Gasteiger partial charge in [-0.25, -0.2) is 4.79 Å². The number of amides is 4. The van der Waals surface area contributed by atoms with Crippen molar-refractivity contribution in [3.63, 3.8) is 0 Å². The van der Waals surface area contributed by atoms with Crippen LogP contribution in [0.25, 0.3) is 0 Å². The first-order chi connectivity index (χ1) is 10.6. The molecule has 2 aliphatic heterocycles. The Labute approximate surface area is 131 Å². The lowest BCUT2D eigenvalue weighted by atomic mass is 10.1. The Morgan fingerprint density at radius 3 is 2.50 bits per heavy atom. The smallest absolute Gasteiger partial charge is 0.321 e. The predicted octanol–water partition coefficient (Wildman–Crippen LogP) is 1.61. The van der Waals surface area contributed by atoms with E-state index in [1.165, 1.54) is 4.90 Å². The Bertz CT molecular complexity index is 597. The molecule has 0 spiro atoms. The second-order valence-corrected chi connectivity index (χ2v) is 5.96. The molecule has 3 rings (SSSR count). The molecule has 0 bridgehead atoms. The zero-order valence-electron chi connectivity index (χ0n) is 11.9. The van der Waals surface area contributed by atoms with E-state index in [4.69, 9.17) is 4.74 Å². The third-order valence-electron chi connectivity index (χ3n) is 3.64. The highest BCUT2D eigenvalue weighted by atomic mass is 32.2. The second kappa shape index (κ2) is 5.88. The van der Waals surface area contributed by atoms with Crippen molar-refractivity contribution in [1.29, 1.82) is 0 Å². The number of imide groups is 1. The molecule has 1 aromatic carbocycles. The van der Waals surface area contributed by atoms with Gasteiger partial charge >= 0.3 is 6.03 Å². The van der Waals surface area contributed by atoms with Gasteiger partial charge in [-0.1, -0.05) is 11.8 Å². The Kier molecular flexibility index (Phi) is 3.93. The summed E-state index contributed by atoms with van der Waals surface area (Å²) in [6.45, 7) is 0.750. The van der Waals surface area contributed by atoms with Crippen LogP contribution in [0.1, 0.15) is 0 Å². The monoisotopic (exact) mass is 321 g/mol. The van der Waals surface area contributed by atoms with Crippen LogP contribution >= 0.6 is 11.8 Å². The number of ether oxygens (including phenoxy) is 1. The molecule has 7 nitrogen and oxygen atoms in total. The van der Waals surface area contributed by atoms with Gasteiger partial charge in [0.2, 0.25) is 5.91 Å². The number of urea groups is 1. The molecule has 2 fully saturated rings. The summed E-state index contributed by atoms with van der Waals surface area (Å²) in [6.07, 6.45) is 0. The maximum atomic E-state index is 12.1. The summed E-state index contributed by atoms with van der Waals surface area (Å²) in [7, 11) is 1.58. The normalized spacial score (nSPS) is 18.4. The van der Waals surface area contributed by atoms with Crippen LogP contribution in [-0.4, -0.2) is 59.0 Å². The maximum Gasteiger partial charge on any atom is 0.321 e. The van der Waals surface area contributed by atoms with Crippen LogP contribution in [0.3, 0.4) is 0 Å². The van der Waals surface area contributed by atoms with E-state index in [0.29, 0.717) is 24.5 Å². The number of thioether (sulfide) groups is 1. The average molecular weight is 321 g/mol. The topological polar surface area (TPSA) is 79.0 Å². The Hall–Kier alpha value is -2.22. The molecule has 2 aliphatic rings. The number of benzene rings is 1. The molecule has 0 unspecified atom stereocenters. The molecule has 2 saturated heterocycles. The van der Waals surface area contributed by atoms with Crippen molar-refractivity contribution in [2.75, 3.05) is 31.3 Å². The Morgan fingerprint density at radius 1 is 1.27 bits per heavy atom. The quantitative estimate of drug-likeness (QED) is 0.915. The number of nitrogens with zero attached hydrogens (tertiary/aromatic N) is 2. The Morgan fingerprint density at radius 2 is 1.95 bits per heavy atom. The van der Waals surface area contributed by atoms with E-state index in [2.05, 4.69) is 5.32 Å². The molecular formula is C14H15N3O4S. The average Bonchev–Trinajstić information content (AvgIpc) is 2.79. The van der Waals surface area contributed by atoms with Crippen LogP contribution in [-0.2, 0) is 4.79 Å². The number of nitrogens with one attached hydrogen (secondary N) is 1. The molecular weight excluding hydrogens is 306 g/mol. The van der Waals surface area contributed by atoms with Gasteiger partial charge < -0.3 is 15.0 Å². The third kappa shape index (κ3) is 2.74. The van der Waals surface area contributed by atoms with Crippen molar-refractivity contribution in [3.8, 4) is 5.75 Å². The predicted molar refractivity (Wildman–Crippen MR) is 82.1 cm³/mol. The fourth-order valence-electron chi connectivity index (χ4n) is 2.38. The van der Waals surface area contributed by atoms with Gasteiger partial charge in [-0.05, 0) is 24.3 Å². The van der Waals surface area contributed by atoms with Crippen molar-refractivity contribution >= 4 is 34.6 Å². The van der Waals surface area contributed by atoms with Gasteiger partial charge in [0.15, 0.2) is 0 Å². The SMILES string of the molecule is COc1ccc(NC(=O)N2CC(N3C(=O)CSC3=O)C2)cc1. The highest BCUT2D eigenvalue weighted by Crippen LogP contribution is 2.26. The number of methoxy groups -OCH3 is 1. The molecule has 22 heavy (non-hydrogen) atoms. The van der Waals surface area contributed by atoms with E-state index in [9.17, 15) is 14.4 Å². The van der Waals surface area contributed by atoms with E-state index >= 15 is 0 Å². The van der Waals surface area contributed by atoms with Crippen LogP contribution in [0.4, 0.5) is 15.3 Å². The summed E-state index contributed by atoms with van der Waals surface area (Å²) in [5.74, 6) is 0.744. The molecule has 4 amide bonds. The van der Waals surface area contributed by atoms with Gasteiger partial charge in [-0.15, -0.1) is 0 Å². The molecule has 0 atom stereocenters. The minimum atomic E-state index is -0.242. The van der Waals surface area contributed by atoms with E-state index in [1.807, 2.05) is 0 Å². The van der Waals surface area contributed by atoms with E-state index in [0.717, 1.165) is 11.8 Å². The summed E-state index contributed by atoms with van der Waals surface area (Å²) < 4.78 is 5.05. The molecule has 0 saturated carbocycles. The lowest BCUT2D eigenvalue weighted by Crippen LogP contribution is -2.62.